The van der Waals surface area contributed by atoms with E-state index in [9.17, 15) is 0 Å². The van der Waals surface area contributed by atoms with E-state index in [2.05, 4.69) is 25.7 Å². The van der Waals surface area contributed by atoms with Crippen LogP contribution in [0.4, 0.5) is 0 Å². The molecular formula is C17H26N6O2. The van der Waals surface area contributed by atoms with Crippen LogP contribution in [0.1, 0.15) is 19.7 Å². The molecule has 2 N–H and O–H groups in total. The fourth-order valence-electron chi connectivity index (χ4n) is 2.17. The molecule has 0 aliphatic heterocycles. The Hall–Kier alpha value is -2.77. The van der Waals surface area contributed by atoms with E-state index in [-0.39, 0.29) is 6.10 Å². The van der Waals surface area contributed by atoms with Crippen LogP contribution in [0.2, 0.25) is 0 Å². The second-order valence-corrected chi connectivity index (χ2v) is 5.46. The number of aliphatic imine (C=N–C) groups is 1. The number of ether oxygens (including phenoxy) is 2. The first-order valence-corrected chi connectivity index (χ1v) is 8.28. The number of benzene rings is 1. The van der Waals surface area contributed by atoms with E-state index in [0.29, 0.717) is 19.0 Å². The number of nitrogens with zero attached hydrogens (tertiary/aromatic N) is 4. The van der Waals surface area contributed by atoms with E-state index in [1.165, 1.54) is 6.33 Å². The van der Waals surface area contributed by atoms with Gasteiger partial charge in [0.05, 0.1) is 13.7 Å². The third-order valence-corrected chi connectivity index (χ3v) is 3.48. The number of aromatic nitrogens is 3. The van der Waals surface area contributed by atoms with Crippen LogP contribution in [-0.2, 0) is 13.6 Å². The Balaban J connectivity index is 1.90. The lowest BCUT2D eigenvalue weighted by Gasteiger charge is -2.19. The van der Waals surface area contributed by atoms with Crippen LogP contribution in [0.5, 0.6) is 11.5 Å². The van der Waals surface area contributed by atoms with Crippen LogP contribution in [0.25, 0.3) is 0 Å². The molecule has 1 atom stereocenters. The fourth-order valence-corrected chi connectivity index (χ4v) is 2.17. The molecule has 0 fully saturated rings. The summed E-state index contributed by atoms with van der Waals surface area (Å²) in [5.41, 5.74) is 0. The van der Waals surface area contributed by atoms with Gasteiger partial charge >= 0.3 is 0 Å². The van der Waals surface area contributed by atoms with Crippen LogP contribution in [-0.4, -0.2) is 47.0 Å². The highest BCUT2D eigenvalue weighted by Gasteiger charge is 2.09. The molecule has 1 aromatic carbocycles. The SMILES string of the molecule is CCNC(=NCc1ncnn1C)NCC(C)Oc1ccccc1OC. The number of nitrogens with one attached hydrogen (secondary N) is 2. The van der Waals surface area contributed by atoms with Crippen LogP contribution in [0, 0.1) is 0 Å². The number of rotatable bonds is 8. The zero-order chi connectivity index (χ0) is 18.1. The van der Waals surface area contributed by atoms with Crippen molar-refractivity contribution in [2.24, 2.45) is 12.0 Å². The van der Waals surface area contributed by atoms with E-state index >= 15 is 0 Å². The molecule has 0 aliphatic carbocycles. The Bertz CT molecular complexity index is 685. The molecule has 2 rings (SSSR count). The minimum atomic E-state index is -0.0602. The summed E-state index contributed by atoms with van der Waals surface area (Å²) in [5, 5.41) is 10.5. The van der Waals surface area contributed by atoms with Gasteiger partial charge in [-0.2, -0.15) is 5.10 Å². The van der Waals surface area contributed by atoms with Gasteiger partial charge in [0.1, 0.15) is 24.8 Å². The maximum absolute atomic E-state index is 5.94. The highest BCUT2D eigenvalue weighted by Crippen LogP contribution is 2.26. The summed E-state index contributed by atoms with van der Waals surface area (Å²) in [4.78, 5) is 8.69. The zero-order valence-corrected chi connectivity index (χ0v) is 15.2. The van der Waals surface area contributed by atoms with Gasteiger partial charge in [0.25, 0.3) is 0 Å². The molecule has 8 heteroatoms. The first-order chi connectivity index (χ1) is 12.1. The van der Waals surface area contributed by atoms with Crippen LogP contribution in [0.3, 0.4) is 0 Å². The highest BCUT2D eigenvalue weighted by molar-refractivity contribution is 5.79. The smallest absolute Gasteiger partial charge is 0.191 e. The molecule has 0 saturated carbocycles. The largest absolute Gasteiger partial charge is 0.493 e. The Morgan fingerprint density at radius 1 is 1.28 bits per heavy atom. The van der Waals surface area contributed by atoms with E-state index in [0.717, 1.165) is 23.9 Å². The fraction of sp³-hybridized carbons (Fsp3) is 0.471. The Labute approximate surface area is 148 Å². The topological polar surface area (TPSA) is 85.6 Å². The average Bonchev–Trinajstić information content (AvgIpc) is 3.03. The van der Waals surface area contributed by atoms with Crippen molar-refractivity contribution in [3.05, 3.63) is 36.4 Å². The predicted octanol–water partition coefficient (Wildman–Crippen LogP) is 1.35. The Kier molecular flexibility index (Phi) is 7.06. The molecule has 0 radical (unpaired) electrons. The molecule has 1 heterocycles. The first kappa shape index (κ1) is 18.6. The lowest BCUT2D eigenvalue weighted by atomic mass is 10.3. The van der Waals surface area contributed by atoms with Gasteiger partial charge in [-0.3, -0.25) is 4.68 Å². The van der Waals surface area contributed by atoms with Gasteiger partial charge in [0.15, 0.2) is 17.5 Å². The van der Waals surface area contributed by atoms with Gasteiger partial charge in [0.2, 0.25) is 0 Å². The zero-order valence-electron chi connectivity index (χ0n) is 15.2. The molecule has 25 heavy (non-hydrogen) atoms. The number of aryl methyl sites for hydroxylation is 1. The predicted molar refractivity (Wildman–Crippen MR) is 96.9 cm³/mol. The summed E-state index contributed by atoms with van der Waals surface area (Å²) in [7, 11) is 3.48. The second kappa shape index (κ2) is 9.51. The lowest BCUT2D eigenvalue weighted by Crippen LogP contribution is -2.41. The normalized spacial score (nSPS) is 12.6. The highest BCUT2D eigenvalue weighted by atomic mass is 16.5. The third kappa shape index (κ3) is 5.66. The summed E-state index contributed by atoms with van der Waals surface area (Å²) >= 11 is 0. The van der Waals surface area contributed by atoms with Gasteiger partial charge in [-0.25, -0.2) is 9.98 Å². The first-order valence-electron chi connectivity index (χ1n) is 8.28. The summed E-state index contributed by atoms with van der Waals surface area (Å²) in [6.45, 7) is 5.84. The van der Waals surface area contributed by atoms with Crippen molar-refractivity contribution in [2.75, 3.05) is 20.2 Å². The minimum absolute atomic E-state index is 0.0602. The molecule has 1 aromatic heterocycles. The molecule has 0 saturated heterocycles. The van der Waals surface area contributed by atoms with Crippen molar-refractivity contribution in [3.63, 3.8) is 0 Å². The number of methoxy groups -OCH3 is 1. The monoisotopic (exact) mass is 346 g/mol. The van der Waals surface area contributed by atoms with Crippen molar-refractivity contribution in [1.29, 1.82) is 0 Å². The Morgan fingerprint density at radius 3 is 2.68 bits per heavy atom. The lowest BCUT2D eigenvalue weighted by molar-refractivity contribution is 0.213. The van der Waals surface area contributed by atoms with Gasteiger partial charge in [-0.15, -0.1) is 0 Å². The summed E-state index contributed by atoms with van der Waals surface area (Å²) in [6, 6.07) is 7.60. The summed E-state index contributed by atoms with van der Waals surface area (Å²) in [5.74, 6) is 2.95. The van der Waals surface area contributed by atoms with E-state index in [1.807, 2.05) is 45.2 Å². The van der Waals surface area contributed by atoms with Crippen molar-refractivity contribution < 1.29 is 9.47 Å². The molecule has 0 spiro atoms. The average molecular weight is 346 g/mol. The Morgan fingerprint density at radius 2 is 2.04 bits per heavy atom. The molecule has 2 aromatic rings. The quantitative estimate of drug-likeness (QED) is 0.554. The minimum Gasteiger partial charge on any atom is -0.493 e. The van der Waals surface area contributed by atoms with Gasteiger partial charge in [-0.05, 0) is 26.0 Å². The van der Waals surface area contributed by atoms with E-state index in [4.69, 9.17) is 9.47 Å². The van der Waals surface area contributed by atoms with Crippen LogP contribution >= 0.6 is 0 Å². The van der Waals surface area contributed by atoms with Crippen molar-refractivity contribution in [3.8, 4) is 11.5 Å². The van der Waals surface area contributed by atoms with Gasteiger partial charge in [0, 0.05) is 13.6 Å². The summed E-state index contributed by atoms with van der Waals surface area (Å²) in [6.07, 6.45) is 1.46. The standard InChI is InChI=1S/C17H26N6O2/c1-5-18-17(20-11-16-21-12-22-23(16)3)19-10-13(2)25-15-9-7-6-8-14(15)24-4/h6-9,12-13H,5,10-11H2,1-4H3,(H2,18,19,20). The van der Waals surface area contributed by atoms with Gasteiger partial charge in [-0.1, -0.05) is 12.1 Å². The van der Waals surface area contributed by atoms with E-state index in [1.54, 1.807) is 11.8 Å². The van der Waals surface area contributed by atoms with Crippen molar-refractivity contribution in [2.45, 2.75) is 26.5 Å². The molecule has 0 amide bonds. The van der Waals surface area contributed by atoms with Crippen LogP contribution < -0.4 is 20.1 Å². The van der Waals surface area contributed by atoms with E-state index < -0.39 is 0 Å². The van der Waals surface area contributed by atoms with Crippen LogP contribution in [0.15, 0.2) is 35.6 Å². The van der Waals surface area contributed by atoms with Crippen molar-refractivity contribution >= 4 is 5.96 Å². The number of para-hydroxylation sites is 2. The third-order valence-electron chi connectivity index (χ3n) is 3.48. The molecular weight excluding hydrogens is 320 g/mol. The second-order valence-electron chi connectivity index (χ2n) is 5.46. The molecule has 0 bridgehead atoms. The summed E-state index contributed by atoms with van der Waals surface area (Å²) < 4.78 is 13.0. The maximum Gasteiger partial charge on any atom is 0.191 e. The molecule has 8 nitrogen and oxygen atoms in total. The van der Waals surface area contributed by atoms with Gasteiger partial charge < -0.3 is 20.1 Å². The maximum atomic E-state index is 5.94. The molecule has 1 unspecified atom stereocenters. The molecule has 0 aliphatic rings. The number of hydrogen-bond acceptors (Lipinski definition) is 5. The van der Waals surface area contributed by atoms with Crippen molar-refractivity contribution in [1.82, 2.24) is 25.4 Å². The number of hydrogen-bond donors (Lipinski definition) is 2. The number of guanidine groups is 1. The molecule has 136 valence electrons.